The van der Waals surface area contributed by atoms with Crippen molar-refractivity contribution in [2.45, 2.75) is 13.0 Å². The maximum Gasteiger partial charge on any atom is 0.410 e. The monoisotopic (exact) mass is 318 g/mol. The van der Waals surface area contributed by atoms with Gasteiger partial charge in [0.15, 0.2) is 0 Å². The third kappa shape index (κ3) is 2.99. The molecule has 2 saturated heterocycles. The Bertz CT molecular complexity index is 625. The molecule has 2 aliphatic heterocycles. The van der Waals surface area contributed by atoms with Crippen molar-refractivity contribution in [1.82, 2.24) is 10.2 Å². The van der Waals surface area contributed by atoms with Gasteiger partial charge in [0.25, 0.3) is 0 Å². The smallest absolute Gasteiger partial charge is 0.410 e. The Morgan fingerprint density at radius 2 is 2.00 bits per heavy atom. The number of carbonyl (C=O) groups is 3. The van der Waals surface area contributed by atoms with Gasteiger partial charge in [-0.1, -0.05) is 30.3 Å². The van der Waals surface area contributed by atoms with Gasteiger partial charge in [-0.3, -0.25) is 9.59 Å². The van der Waals surface area contributed by atoms with E-state index in [0.717, 1.165) is 5.56 Å². The fourth-order valence-corrected chi connectivity index (χ4v) is 3.27. The van der Waals surface area contributed by atoms with Crippen molar-refractivity contribution in [3.05, 3.63) is 35.9 Å². The number of nitrogens with one attached hydrogen (secondary N) is 1. The molecule has 0 saturated carbocycles. The maximum atomic E-state index is 12.0. The summed E-state index contributed by atoms with van der Waals surface area (Å²) in [5.41, 5.74) is 0.219. The first kappa shape index (κ1) is 15.3. The summed E-state index contributed by atoms with van der Waals surface area (Å²) < 4.78 is 5.23. The van der Waals surface area contributed by atoms with Crippen LogP contribution in [0, 0.1) is 11.3 Å². The summed E-state index contributed by atoms with van der Waals surface area (Å²) >= 11 is 0. The number of carbonyl (C=O) groups excluding carboxylic acids is 2. The van der Waals surface area contributed by atoms with Gasteiger partial charge in [0.05, 0.1) is 5.92 Å². The zero-order valence-electron chi connectivity index (χ0n) is 12.5. The second-order valence-corrected chi connectivity index (χ2v) is 6.13. The molecule has 0 aliphatic carbocycles. The molecule has 1 atom stereocenters. The van der Waals surface area contributed by atoms with Gasteiger partial charge in [-0.25, -0.2) is 4.79 Å². The van der Waals surface area contributed by atoms with Crippen LogP contribution in [0.3, 0.4) is 0 Å². The van der Waals surface area contributed by atoms with Crippen molar-refractivity contribution >= 4 is 18.0 Å². The third-order valence-corrected chi connectivity index (χ3v) is 4.53. The van der Waals surface area contributed by atoms with Crippen LogP contribution in [-0.2, 0) is 20.9 Å². The molecule has 1 unspecified atom stereocenters. The quantitative estimate of drug-likeness (QED) is 0.861. The van der Waals surface area contributed by atoms with Gasteiger partial charge in [-0.15, -0.1) is 0 Å². The van der Waals surface area contributed by atoms with Crippen molar-refractivity contribution in [3.63, 3.8) is 0 Å². The number of rotatable bonds is 3. The molecule has 23 heavy (non-hydrogen) atoms. The Labute approximate surface area is 133 Å². The number of amides is 2. The Kier molecular flexibility index (Phi) is 3.94. The van der Waals surface area contributed by atoms with Crippen molar-refractivity contribution in [2.75, 3.05) is 19.6 Å². The predicted octanol–water partition coefficient (Wildman–Crippen LogP) is 0.846. The first-order valence-electron chi connectivity index (χ1n) is 7.45. The first-order chi connectivity index (χ1) is 11.0. The summed E-state index contributed by atoms with van der Waals surface area (Å²) in [4.78, 5) is 36.5. The highest BCUT2D eigenvalue weighted by Crippen LogP contribution is 2.43. The molecule has 2 aliphatic rings. The van der Waals surface area contributed by atoms with Gasteiger partial charge in [-0.2, -0.15) is 0 Å². The highest BCUT2D eigenvalue weighted by atomic mass is 16.6. The largest absolute Gasteiger partial charge is 0.481 e. The fraction of sp³-hybridized carbons (Fsp3) is 0.438. The number of hydrogen-bond acceptors (Lipinski definition) is 4. The molecule has 0 radical (unpaired) electrons. The molecule has 0 aromatic heterocycles. The Hall–Kier alpha value is -2.57. The van der Waals surface area contributed by atoms with E-state index < -0.39 is 23.4 Å². The number of likely N-dealkylation sites (tertiary alicyclic amines) is 1. The summed E-state index contributed by atoms with van der Waals surface area (Å²) in [5, 5.41) is 11.9. The van der Waals surface area contributed by atoms with Crippen LogP contribution in [-0.4, -0.2) is 47.6 Å². The predicted molar refractivity (Wildman–Crippen MR) is 79.4 cm³/mol. The molecule has 2 fully saturated rings. The van der Waals surface area contributed by atoms with Crippen molar-refractivity contribution in [1.29, 1.82) is 0 Å². The number of hydrogen-bond donors (Lipinski definition) is 2. The minimum absolute atomic E-state index is 0.112. The maximum absolute atomic E-state index is 12.0. The van der Waals surface area contributed by atoms with Crippen LogP contribution < -0.4 is 5.32 Å². The number of benzene rings is 1. The molecule has 2 N–H and O–H groups in total. The van der Waals surface area contributed by atoms with E-state index >= 15 is 0 Å². The number of carboxylic acid groups (broad SMARTS) is 1. The molecule has 3 rings (SSSR count). The molecular weight excluding hydrogens is 300 g/mol. The number of nitrogens with zero attached hydrogens (tertiary/aromatic N) is 1. The zero-order valence-corrected chi connectivity index (χ0v) is 12.5. The van der Waals surface area contributed by atoms with Gasteiger partial charge < -0.3 is 20.1 Å². The Morgan fingerprint density at radius 1 is 1.30 bits per heavy atom. The van der Waals surface area contributed by atoms with E-state index in [1.165, 1.54) is 4.90 Å². The molecular formula is C16H18N2O5. The number of carboxylic acids is 1. The molecule has 1 spiro atoms. The molecule has 7 heteroatoms. The molecule has 2 amide bonds. The second kappa shape index (κ2) is 5.91. The van der Waals surface area contributed by atoms with E-state index in [2.05, 4.69) is 5.32 Å². The Balaban J connectivity index is 1.57. The molecule has 122 valence electrons. The number of aliphatic carboxylic acids is 1. The lowest BCUT2D eigenvalue weighted by atomic mass is 9.65. The number of ether oxygens (including phenoxy) is 1. The summed E-state index contributed by atoms with van der Waals surface area (Å²) in [6.07, 6.45) is -0.346. The molecule has 2 heterocycles. The van der Waals surface area contributed by atoms with E-state index in [1.807, 2.05) is 30.3 Å². The lowest BCUT2D eigenvalue weighted by molar-refractivity contribution is -0.159. The van der Waals surface area contributed by atoms with E-state index in [1.54, 1.807) is 0 Å². The fourth-order valence-electron chi connectivity index (χ4n) is 3.27. The highest BCUT2D eigenvalue weighted by Gasteiger charge is 2.56. The van der Waals surface area contributed by atoms with Crippen LogP contribution in [0.15, 0.2) is 30.3 Å². The van der Waals surface area contributed by atoms with Gasteiger partial charge in [-0.05, 0) is 5.56 Å². The molecule has 1 aromatic rings. The second-order valence-electron chi connectivity index (χ2n) is 6.13. The number of piperidine rings is 1. The van der Waals surface area contributed by atoms with Crippen molar-refractivity contribution < 1.29 is 24.2 Å². The minimum Gasteiger partial charge on any atom is -0.481 e. The Morgan fingerprint density at radius 3 is 2.65 bits per heavy atom. The third-order valence-electron chi connectivity index (χ3n) is 4.53. The van der Waals surface area contributed by atoms with Crippen LogP contribution in [0.5, 0.6) is 0 Å². The average Bonchev–Trinajstić information content (AvgIpc) is 2.50. The van der Waals surface area contributed by atoms with E-state index in [-0.39, 0.29) is 38.6 Å². The van der Waals surface area contributed by atoms with Crippen LogP contribution in [0.4, 0.5) is 4.79 Å². The van der Waals surface area contributed by atoms with E-state index in [9.17, 15) is 19.5 Å². The van der Waals surface area contributed by atoms with Crippen LogP contribution in [0.1, 0.15) is 12.0 Å². The summed E-state index contributed by atoms with van der Waals surface area (Å²) in [6, 6.07) is 9.32. The van der Waals surface area contributed by atoms with Crippen LogP contribution in [0.25, 0.3) is 0 Å². The lowest BCUT2D eigenvalue weighted by Crippen LogP contribution is -2.68. The minimum atomic E-state index is -0.942. The van der Waals surface area contributed by atoms with Gasteiger partial charge >= 0.3 is 12.1 Å². The normalized spacial score (nSPS) is 22.2. The summed E-state index contributed by atoms with van der Waals surface area (Å²) in [6.45, 7) is 0.767. The first-order valence-corrected chi connectivity index (χ1v) is 7.45. The van der Waals surface area contributed by atoms with Gasteiger partial charge in [0.2, 0.25) is 5.91 Å². The van der Waals surface area contributed by atoms with Crippen LogP contribution >= 0.6 is 0 Å². The van der Waals surface area contributed by atoms with Gasteiger partial charge in [0.1, 0.15) is 6.61 Å². The summed E-state index contributed by atoms with van der Waals surface area (Å²) in [7, 11) is 0. The van der Waals surface area contributed by atoms with E-state index in [4.69, 9.17) is 4.74 Å². The standard InChI is InChI=1S/C16H18N2O5/c19-13-6-16(12(7-17-13)14(20)21)9-18(10-16)15(22)23-8-11-4-2-1-3-5-11/h1-5,12H,6-10H2,(H,17,19)(H,20,21). The van der Waals surface area contributed by atoms with Crippen molar-refractivity contribution in [2.24, 2.45) is 11.3 Å². The molecule has 1 aromatic carbocycles. The van der Waals surface area contributed by atoms with Crippen molar-refractivity contribution in [3.8, 4) is 0 Å². The van der Waals surface area contributed by atoms with E-state index in [0.29, 0.717) is 0 Å². The lowest BCUT2D eigenvalue weighted by Gasteiger charge is -2.53. The molecule has 0 bridgehead atoms. The highest BCUT2D eigenvalue weighted by molar-refractivity contribution is 5.83. The topological polar surface area (TPSA) is 95.9 Å². The zero-order chi connectivity index (χ0) is 16.4. The SMILES string of the molecule is O=C1CC2(CN(C(=O)OCc3ccccc3)C2)C(C(=O)O)CN1. The summed E-state index contributed by atoms with van der Waals surface area (Å²) in [5.74, 6) is -1.78. The average molecular weight is 318 g/mol. The van der Waals surface area contributed by atoms with Gasteiger partial charge in [0, 0.05) is 31.5 Å². The molecule has 7 nitrogen and oxygen atoms in total. The van der Waals surface area contributed by atoms with Crippen LogP contribution in [0.2, 0.25) is 0 Å².